The summed E-state index contributed by atoms with van der Waals surface area (Å²) in [5.74, 6) is -1.45. The first kappa shape index (κ1) is 27.9. The number of hydrogen-bond acceptors (Lipinski definition) is 8. The van der Waals surface area contributed by atoms with Gasteiger partial charge in [0.1, 0.15) is 6.04 Å². The van der Waals surface area contributed by atoms with E-state index in [2.05, 4.69) is 20.8 Å². The van der Waals surface area contributed by atoms with E-state index in [9.17, 15) is 14.4 Å². The van der Waals surface area contributed by atoms with Gasteiger partial charge in [-0.15, -0.1) is 0 Å². The fourth-order valence-electron chi connectivity index (χ4n) is 3.34. The van der Waals surface area contributed by atoms with E-state index < -0.39 is 24.0 Å². The third-order valence-corrected chi connectivity index (χ3v) is 5.42. The molecule has 0 aliphatic rings. The summed E-state index contributed by atoms with van der Waals surface area (Å²) in [5.41, 5.74) is 6.67. The summed E-state index contributed by atoms with van der Waals surface area (Å²) in [4.78, 5) is 41.7. The maximum Gasteiger partial charge on any atom is 0.514 e. The van der Waals surface area contributed by atoms with Gasteiger partial charge in [0, 0.05) is 23.4 Å². The Hall–Kier alpha value is -4.73. The predicted molar refractivity (Wildman–Crippen MR) is 142 cm³/mol. The number of nitrogens with one attached hydrogen (secondary N) is 2. The maximum absolute atomic E-state index is 13.0. The smallest absolute Gasteiger partial charge is 0.493 e. The van der Waals surface area contributed by atoms with Crippen LogP contribution in [-0.2, 0) is 9.53 Å². The summed E-state index contributed by atoms with van der Waals surface area (Å²) in [6.45, 7) is 7.15. The third kappa shape index (κ3) is 7.16. The first-order valence-corrected chi connectivity index (χ1v) is 11.9. The van der Waals surface area contributed by atoms with Crippen LogP contribution in [0.4, 0.5) is 4.79 Å². The molecule has 0 fully saturated rings. The number of ether oxygens (including phenoxy) is 3. The Morgan fingerprint density at radius 3 is 2.05 bits per heavy atom. The molecule has 3 aromatic rings. The Morgan fingerprint density at radius 2 is 1.53 bits per heavy atom. The molecule has 0 bridgehead atoms. The molecule has 10 heteroatoms. The summed E-state index contributed by atoms with van der Waals surface area (Å²) < 4.78 is 15.1. The minimum Gasteiger partial charge on any atom is -0.493 e. The Kier molecular flexibility index (Phi) is 9.53. The number of aryl methyl sites for hydroxylation is 2. The minimum atomic E-state index is -1.02. The van der Waals surface area contributed by atoms with Crippen molar-refractivity contribution >= 4 is 23.7 Å². The second-order valence-corrected chi connectivity index (χ2v) is 8.34. The molecule has 2 amide bonds. The van der Waals surface area contributed by atoms with Crippen molar-refractivity contribution in [3.05, 3.63) is 88.7 Å². The largest absolute Gasteiger partial charge is 0.514 e. The summed E-state index contributed by atoms with van der Waals surface area (Å²) in [6, 6.07) is 15.9. The van der Waals surface area contributed by atoms with Crippen LogP contribution in [0.25, 0.3) is 0 Å². The van der Waals surface area contributed by atoms with Crippen LogP contribution in [0.3, 0.4) is 0 Å². The lowest BCUT2D eigenvalue weighted by atomic mass is 10.0. The summed E-state index contributed by atoms with van der Waals surface area (Å²) in [7, 11) is 1.35. The Bertz CT molecular complexity index is 1270. The van der Waals surface area contributed by atoms with Gasteiger partial charge < -0.3 is 19.5 Å². The van der Waals surface area contributed by atoms with Gasteiger partial charge in [0.15, 0.2) is 11.4 Å². The molecule has 0 radical (unpaired) electrons. The molecule has 0 saturated carbocycles. The summed E-state index contributed by atoms with van der Waals surface area (Å²) >= 11 is 0. The molecule has 1 atom stereocenters. The minimum absolute atomic E-state index is 0.0772. The lowest BCUT2D eigenvalue weighted by Crippen LogP contribution is -2.44. The number of carbonyl (C=O) groups is 3. The molecule has 2 aromatic carbocycles. The van der Waals surface area contributed by atoms with E-state index in [4.69, 9.17) is 14.2 Å². The molecule has 0 unspecified atom stereocenters. The van der Waals surface area contributed by atoms with Gasteiger partial charge in [-0.1, -0.05) is 59.7 Å². The van der Waals surface area contributed by atoms with E-state index in [0.29, 0.717) is 5.71 Å². The van der Waals surface area contributed by atoms with Crippen LogP contribution >= 0.6 is 0 Å². The number of hydrogen-bond donors (Lipinski definition) is 2. The van der Waals surface area contributed by atoms with Gasteiger partial charge in [0.25, 0.3) is 11.8 Å². The molecule has 198 valence electrons. The zero-order valence-electron chi connectivity index (χ0n) is 21.9. The second-order valence-electron chi connectivity index (χ2n) is 8.34. The van der Waals surface area contributed by atoms with Crippen molar-refractivity contribution < 1.29 is 28.6 Å². The van der Waals surface area contributed by atoms with Crippen LogP contribution in [0.1, 0.15) is 46.6 Å². The van der Waals surface area contributed by atoms with Gasteiger partial charge in [-0.25, -0.2) is 15.2 Å². The number of nitrogens with zero attached hydrogens (tertiary/aromatic N) is 2. The molecule has 0 saturated heterocycles. The average molecular weight is 519 g/mol. The standard InChI is InChI=1S/C28H30N4O6/c1-6-37-28(35)38-25-22(36-5)15-16-29-24(25)27(34)30-19(4)26(33)32-31-23(20-11-7-17(2)8-12-20)21-13-9-18(3)10-14-21/h7-16,19H,6H2,1-5H3,(H,30,34)(H,32,33)/t19-/m0/s1. The predicted octanol–water partition coefficient (Wildman–Crippen LogP) is 3.93. The Morgan fingerprint density at radius 1 is 0.947 bits per heavy atom. The molecule has 3 rings (SSSR count). The van der Waals surface area contributed by atoms with Gasteiger partial charge in [-0.05, 0) is 27.7 Å². The number of amides is 2. The second kappa shape index (κ2) is 13.0. The highest BCUT2D eigenvalue weighted by Gasteiger charge is 2.25. The molecule has 2 N–H and O–H groups in total. The summed E-state index contributed by atoms with van der Waals surface area (Å²) in [5, 5.41) is 6.91. The molecular weight excluding hydrogens is 488 g/mol. The van der Waals surface area contributed by atoms with Gasteiger partial charge in [-0.2, -0.15) is 5.10 Å². The van der Waals surface area contributed by atoms with Crippen molar-refractivity contribution in [2.45, 2.75) is 33.7 Å². The number of hydrazone groups is 1. The van der Waals surface area contributed by atoms with Gasteiger partial charge in [-0.3, -0.25) is 9.59 Å². The van der Waals surface area contributed by atoms with Gasteiger partial charge in [0.2, 0.25) is 5.75 Å². The highest BCUT2D eigenvalue weighted by Crippen LogP contribution is 2.30. The number of methoxy groups -OCH3 is 1. The third-order valence-electron chi connectivity index (χ3n) is 5.42. The quantitative estimate of drug-likeness (QED) is 0.250. The molecule has 0 spiro atoms. The fraction of sp³-hybridized carbons (Fsp3) is 0.250. The van der Waals surface area contributed by atoms with Crippen LogP contribution in [0.2, 0.25) is 0 Å². The SMILES string of the molecule is CCOC(=O)Oc1c(OC)ccnc1C(=O)N[C@@H](C)C(=O)NN=C(c1ccc(C)cc1)c1ccc(C)cc1. The first-order chi connectivity index (χ1) is 18.2. The van der Waals surface area contributed by atoms with Crippen LogP contribution in [-0.4, -0.2) is 48.4 Å². The van der Waals surface area contributed by atoms with Crippen molar-refractivity contribution in [1.82, 2.24) is 15.7 Å². The topological polar surface area (TPSA) is 128 Å². The first-order valence-electron chi connectivity index (χ1n) is 11.9. The number of benzene rings is 2. The van der Waals surface area contributed by atoms with Crippen LogP contribution in [0.15, 0.2) is 65.9 Å². The molecule has 1 heterocycles. The average Bonchev–Trinajstić information content (AvgIpc) is 2.90. The normalized spacial score (nSPS) is 11.1. The Balaban J connectivity index is 1.79. The van der Waals surface area contributed by atoms with Crippen molar-refractivity contribution in [3.63, 3.8) is 0 Å². The molecule has 1 aromatic heterocycles. The van der Waals surface area contributed by atoms with Crippen molar-refractivity contribution in [3.8, 4) is 11.5 Å². The highest BCUT2D eigenvalue weighted by molar-refractivity contribution is 6.13. The number of rotatable bonds is 9. The van der Waals surface area contributed by atoms with E-state index >= 15 is 0 Å². The van der Waals surface area contributed by atoms with E-state index in [1.807, 2.05) is 62.4 Å². The zero-order valence-corrected chi connectivity index (χ0v) is 21.9. The van der Waals surface area contributed by atoms with E-state index in [1.165, 1.54) is 26.3 Å². The van der Waals surface area contributed by atoms with E-state index in [1.54, 1.807) is 6.92 Å². The van der Waals surface area contributed by atoms with Crippen LogP contribution < -0.4 is 20.2 Å². The molecular formula is C28H30N4O6. The molecule has 38 heavy (non-hydrogen) atoms. The van der Waals surface area contributed by atoms with Crippen molar-refractivity contribution in [2.75, 3.05) is 13.7 Å². The number of pyridine rings is 1. The lowest BCUT2D eigenvalue weighted by Gasteiger charge is -2.15. The van der Waals surface area contributed by atoms with Gasteiger partial charge in [0.05, 0.1) is 19.4 Å². The van der Waals surface area contributed by atoms with E-state index in [-0.39, 0.29) is 23.8 Å². The van der Waals surface area contributed by atoms with Gasteiger partial charge >= 0.3 is 6.16 Å². The van der Waals surface area contributed by atoms with Crippen molar-refractivity contribution in [1.29, 1.82) is 0 Å². The maximum atomic E-state index is 13.0. The Labute approximate surface area is 221 Å². The summed E-state index contributed by atoms with van der Waals surface area (Å²) in [6.07, 6.45) is 0.295. The van der Waals surface area contributed by atoms with Crippen LogP contribution in [0, 0.1) is 13.8 Å². The highest BCUT2D eigenvalue weighted by atomic mass is 16.7. The zero-order chi connectivity index (χ0) is 27.7. The fourth-order valence-corrected chi connectivity index (χ4v) is 3.34. The monoisotopic (exact) mass is 518 g/mol. The molecule has 0 aliphatic carbocycles. The van der Waals surface area contributed by atoms with Crippen LogP contribution in [0.5, 0.6) is 11.5 Å². The number of aromatic nitrogens is 1. The number of carbonyl (C=O) groups excluding carboxylic acids is 3. The lowest BCUT2D eigenvalue weighted by molar-refractivity contribution is -0.122. The van der Waals surface area contributed by atoms with E-state index in [0.717, 1.165) is 22.3 Å². The molecule has 0 aliphatic heterocycles. The molecule has 10 nitrogen and oxygen atoms in total. The van der Waals surface area contributed by atoms with Crippen molar-refractivity contribution in [2.24, 2.45) is 5.10 Å².